The van der Waals surface area contributed by atoms with Crippen LogP contribution in [0.2, 0.25) is 5.02 Å². The predicted molar refractivity (Wildman–Crippen MR) is 112 cm³/mol. The molecule has 3 aromatic rings. The maximum Gasteiger partial charge on any atom is 0.269 e. The molecule has 2 aromatic carbocycles. The van der Waals surface area contributed by atoms with Crippen molar-refractivity contribution in [3.8, 4) is 0 Å². The molecule has 1 aliphatic carbocycles. The van der Waals surface area contributed by atoms with Gasteiger partial charge in [0.25, 0.3) is 5.91 Å². The topological polar surface area (TPSA) is 63.1 Å². The molecular formula is C22H22ClN3O2. The Morgan fingerprint density at radius 1 is 1.11 bits per heavy atom. The third-order valence-electron chi connectivity index (χ3n) is 5.23. The second-order valence-corrected chi connectivity index (χ2v) is 7.70. The Bertz CT molecular complexity index is 1010. The van der Waals surface area contributed by atoms with Gasteiger partial charge in [0, 0.05) is 29.6 Å². The van der Waals surface area contributed by atoms with Crippen LogP contribution in [0.4, 0.5) is 5.69 Å². The van der Waals surface area contributed by atoms with Crippen LogP contribution >= 0.6 is 11.6 Å². The molecule has 0 saturated heterocycles. The van der Waals surface area contributed by atoms with Gasteiger partial charge in [0.1, 0.15) is 5.69 Å². The number of anilines is 1. The molecular weight excluding hydrogens is 374 g/mol. The Morgan fingerprint density at radius 2 is 1.79 bits per heavy atom. The Hall–Kier alpha value is -2.79. The van der Waals surface area contributed by atoms with Gasteiger partial charge in [-0.3, -0.25) is 9.59 Å². The molecule has 0 bridgehead atoms. The quantitative estimate of drug-likeness (QED) is 0.659. The number of benzene rings is 2. The van der Waals surface area contributed by atoms with E-state index in [2.05, 4.69) is 10.6 Å². The highest BCUT2D eigenvalue weighted by Gasteiger charge is 2.29. The number of carbonyl (C=O) groups excluding carboxylic acids is 2. The summed E-state index contributed by atoms with van der Waals surface area (Å²) in [5.41, 5.74) is 3.09. The zero-order valence-electron chi connectivity index (χ0n) is 15.8. The normalized spacial score (nSPS) is 14.7. The minimum Gasteiger partial charge on any atom is -0.344 e. The van der Waals surface area contributed by atoms with Crippen molar-refractivity contribution in [3.63, 3.8) is 0 Å². The predicted octanol–water partition coefficient (Wildman–Crippen LogP) is 4.67. The lowest BCUT2D eigenvalue weighted by Crippen LogP contribution is -2.28. The fraction of sp³-hybridized carbons (Fsp3) is 0.273. The number of hydrogen-bond acceptors (Lipinski definition) is 2. The van der Waals surface area contributed by atoms with Crippen molar-refractivity contribution in [1.82, 2.24) is 9.88 Å². The van der Waals surface area contributed by atoms with Gasteiger partial charge in [0.15, 0.2) is 0 Å². The SMILES string of the molecule is CC(NC(=O)c1c(Cl)c2ccccc2n1C)c1ccc(NC(=O)C2CC2)cc1. The molecule has 1 saturated carbocycles. The van der Waals surface area contributed by atoms with Gasteiger partial charge in [-0.05, 0) is 43.5 Å². The van der Waals surface area contributed by atoms with E-state index in [4.69, 9.17) is 11.6 Å². The summed E-state index contributed by atoms with van der Waals surface area (Å²) in [7, 11) is 1.84. The molecule has 0 aliphatic heterocycles. The molecule has 1 atom stereocenters. The highest BCUT2D eigenvalue weighted by atomic mass is 35.5. The maximum absolute atomic E-state index is 12.9. The van der Waals surface area contributed by atoms with Gasteiger partial charge >= 0.3 is 0 Å². The van der Waals surface area contributed by atoms with Crippen LogP contribution in [0.5, 0.6) is 0 Å². The molecule has 4 rings (SSSR count). The lowest BCUT2D eigenvalue weighted by molar-refractivity contribution is -0.117. The number of nitrogens with one attached hydrogen (secondary N) is 2. The third-order valence-corrected chi connectivity index (χ3v) is 5.62. The molecule has 0 radical (unpaired) electrons. The number of halogens is 1. The van der Waals surface area contributed by atoms with Crippen molar-refractivity contribution < 1.29 is 9.59 Å². The van der Waals surface area contributed by atoms with Crippen molar-refractivity contribution in [2.45, 2.75) is 25.8 Å². The number of fused-ring (bicyclic) bond motifs is 1. The molecule has 1 unspecified atom stereocenters. The molecule has 2 amide bonds. The first-order valence-corrected chi connectivity index (χ1v) is 9.78. The van der Waals surface area contributed by atoms with Crippen molar-refractivity contribution in [2.75, 3.05) is 5.32 Å². The zero-order chi connectivity index (χ0) is 19.8. The van der Waals surface area contributed by atoms with E-state index < -0.39 is 0 Å². The van der Waals surface area contributed by atoms with E-state index in [1.807, 2.05) is 67.1 Å². The van der Waals surface area contributed by atoms with Crippen LogP contribution < -0.4 is 10.6 Å². The number of aryl methyl sites for hydroxylation is 1. The minimum absolute atomic E-state index is 0.0829. The number of para-hydroxylation sites is 1. The monoisotopic (exact) mass is 395 g/mol. The largest absolute Gasteiger partial charge is 0.344 e. The van der Waals surface area contributed by atoms with E-state index >= 15 is 0 Å². The number of hydrogen-bond donors (Lipinski definition) is 2. The van der Waals surface area contributed by atoms with E-state index in [1.54, 1.807) is 0 Å². The van der Waals surface area contributed by atoms with Crippen LogP contribution in [0.3, 0.4) is 0 Å². The molecule has 1 aliphatic rings. The summed E-state index contributed by atoms with van der Waals surface area (Å²) in [5.74, 6) is 0.0327. The summed E-state index contributed by atoms with van der Waals surface area (Å²) in [5, 5.41) is 7.25. The van der Waals surface area contributed by atoms with Crippen LogP contribution in [0, 0.1) is 5.92 Å². The summed E-state index contributed by atoms with van der Waals surface area (Å²) in [6, 6.07) is 15.0. The molecule has 28 heavy (non-hydrogen) atoms. The van der Waals surface area contributed by atoms with E-state index in [-0.39, 0.29) is 23.8 Å². The number of amides is 2. The molecule has 1 heterocycles. The van der Waals surface area contributed by atoms with E-state index in [0.29, 0.717) is 10.7 Å². The van der Waals surface area contributed by atoms with E-state index in [9.17, 15) is 9.59 Å². The van der Waals surface area contributed by atoms with Crippen molar-refractivity contribution in [2.24, 2.45) is 13.0 Å². The number of rotatable bonds is 5. The first-order chi connectivity index (χ1) is 13.5. The fourth-order valence-corrected chi connectivity index (χ4v) is 3.76. The molecule has 6 heteroatoms. The highest BCUT2D eigenvalue weighted by Crippen LogP contribution is 2.31. The van der Waals surface area contributed by atoms with E-state index in [1.165, 1.54) is 0 Å². The van der Waals surface area contributed by atoms with Gasteiger partial charge < -0.3 is 15.2 Å². The number of aromatic nitrogens is 1. The molecule has 2 N–H and O–H groups in total. The summed E-state index contributed by atoms with van der Waals surface area (Å²) in [6.07, 6.45) is 1.95. The average Bonchev–Trinajstić information content (AvgIpc) is 3.50. The smallest absolute Gasteiger partial charge is 0.269 e. The van der Waals surface area contributed by atoms with Gasteiger partial charge in [0.05, 0.1) is 11.1 Å². The summed E-state index contributed by atoms with van der Waals surface area (Å²) in [6.45, 7) is 1.92. The second kappa shape index (κ2) is 7.32. The summed E-state index contributed by atoms with van der Waals surface area (Å²) >= 11 is 6.46. The number of nitrogens with zero attached hydrogens (tertiary/aromatic N) is 1. The Balaban J connectivity index is 1.48. The van der Waals surface area contributed by atoms with Crippen LogP contribution in [0.25, 0.3) is 10.9 Å². The highest BCUT2D eigenvalue weighted by molar-refractivity contribution is 6.38. The van der Waals surface area contributed by atoms with Gasteiger partial charge in [-0.2, -0.15) is 0 Å². The van der Waals surface area contributed by atoms with E-state index in [0.717, 1.165) is 35.0 Å². The molecule has 5 nitrogen and oxygen atoms in total. The van der Waals surface area contributed by atoms with Gasteiger partial charge in [-0.25, -0.2) is 0 Å². The Kier molecular flexibility index (Phi) is 4.85. The van der Waals surface area contributed by atoms with Crippen molar-refractivity contribution in [3.05, 3.63) is 64.8 Å². The van der Waals surface area contributed by atoms with Gasteiger partial charge in [0.2, 0.25) is 5.91 Å². The van der Waals surface area contributed by atoms with Gasteiger partial charge in [-0.1, -0.05) is 41.9 Å². The van der Waals surface area contributed by atoms with Crippen LogP contribution in [-0.2, 0) is 11.8 Å². The van der Waals surface area contributed by atoms with Crippen LogP contribution in [0.15, 0.2) is 48.5 Å². The maximum atomic E-state index is 12.9. The van der Waals surface area contributed by atoms with Crippen LogP contribution in [-0.4, -0.2) is 16.4 Å². The lowest BCUT2D eigenvalue weighted by atomic mass is 10.1. The molecule has 144 valence electrons. The second-order valence-electron chi connectivity index (χ2n) is 7.32. The molecule has 1 fully saturated rings. The first kappa shape index (κ1) is 18.6. The van der Waals surface area contributed by atoms with Crippen molar-refractivity contribution >= 4 is 40.0 Å². The minimum atomic E-state index is -0.220. The summed E-state index contributed by atoms with van der Waals surface area (Å²) < 4.78 is 1.82. The number of carbonyl (C=O) groups is 2. The molecule has 1 aromatic heterocycles. The standard InChI is InChI=1S/C22H22ClN3O2/c1-13(14-9-11-16(12-10-14)25-21(27)15-7-8-15)24-22(28)20-19(23)17-5-3-4-6-18(17)26(20)2/h3-6,9-13,15H,7-8H2,1-2H3,(H,24,28)(H,25,27). The Labute approximate surface area is 168 Å². The first-order valence-electron chi connectivity index (χ1n) is 9.40. The van der Waals surface area contributed by atoms with Gasteiger partial charge in [-0.15, -0.1) is 0 Å². The fourth-order valence-electron chi connectivity index (χ4n) is 3.39. The average molecular weight is 396 g/mol. The zero-order valence-corrected chi connectivity index (χ0v) is 16.6. The van der Waals surface area contributed by atoms with Crippen LogP contribution in [0.1, 0.15) is 41.9 Å². The third kappa shape index (κ3) is 3.50. The Morgan fingerprint density at radius 3 is 2.43 bits per heavy atom. The van der Waals surface area contributed by atoms with Crippen molar-refractivity contribution in [1.29, 1.82) is 0 Å². The lowest BCUT2D eigenvalue weighted by Gasteiger charge is -2.16. The molecule has 0 spiro atoms. The summed E-state index contributed by atoms with van der Waals surface area (Å²) in [4.78, 5) is 24.7.